The second kappa shape index (κ2) is 8.95. The zero-order chi connectivity index (χ0) is 19.3. The van der Waals surface area contributed by atoms with E-state index in [1.54, 1.807) is 18.4 Å². The minimum absolute atomic E-state index is 0.0106. The lowest BCUT2D eigenvalue weighted by molar-refractivity contribution is 0.0967. The monoisotopic (exact) mass is 408 g/mol. The molecular weight excluding hydrogens is 384 g/mol. The van der Waals surface area contributed by atoms with Gasteiger partial charge in [0.15, 0.2) is 0 Å². The molecule has 1 aromatic heterocycles. The Morgan fingerprint density at radius 2 is 2.00 bits per heavy atom. The highest BCUT2D eigenvalue weighted by Gasteiger charge is 2.20. The number of carbonyl (C=O) groups is 1. The summed E-state index contributed by atoms with van der Waals surface area (Å²) in [5.74, 6) is -0.0106. The molecule has 3 aromatic rings. The summed E-state index contributed by atoms with van der Waals surface area (Å²) < 4.78 is 1.17. The highest BCUT2D eigenvalue weighted by molar-refractivity contribution is 8.03. The molecule has 5 heteroatoms. The summed E-state index contributed by atoms with van der Waals surface area (Å²) in [6, 6.07) is 19.2. The minimum Gasteiger partial charge on any atom is -0.354 e. The molecule has 1 aliphatic heterocycles. The molecule has 28 heavy (non-hydrogen) atoms. The van der Waals surface area contributed by atoms with Crippen molar-refractivity contribution in [3.05, 3.63) is 81.6 Å². The Balaban J connectivity index is 1.31. The summed E-state index contributed by atoms with van der Waals surface area (Å²) >= 11 is 3.51. The lowest BCUT2D eigenvalue weighted by Gasteiger charge is -2.11. The third-order valence-corrected chi connectivity index (χ3v) is 7.43. The van der Waals surface area contributed by atoms with Crippen LogP contribution in [0, 0.1) is 0 Å². The largest absolute Gasteiger partial charge is 0.354 e. The number of nitrogens with one attached hydrogen (secondary N) is 2. The predicted octanol–water partition coefficient (Wildman–Crippen LogP) is 5.16. The molecule has 3 nitrogen and oxygen atoms in total. The van der Waals surface area contributed by atoms with Gasteiger partial charge in [-0.15, -0.1) is 23.1 Å². The van der Waals surface area contributed by atoms with E-state index in [0.717, 1.165) is 36.2 Å². The van der Waals surface area contributed by atoms with E-state index in [4.69, 9.17) is 0 Å². The second-order valence-corrected chi connectivity index (χ2v) is 9.32. The quantitative estimate of drug-likeness (QED) is 0.531. The first kappa shape index (κ1) is 19.2. The lowest BCUT2D eigenvalue weighted by atomic mass is 10.1. The normalized spacial score (nSPS) is 16.3. The summed E-state index contributed by atoms with van der Waals surface area (Å²) in [6.45, 7) is 1.94. The Hall–Kier alpha value is -2.08. The third-order valence-electron chi connectivity index (χ3n) is 4.95. The van der Waals surface area contributed by atoms with Gasteiger partial charge < -0.3 is 10.6 Å². The number of carbonyl (C=O) groups excluding carboxylic acids is 1. The fourth-order valence-electron chi connectivity index (χ4n) is 3.42. The third kappa shape index (κ3) is 4.49. The average Bonchev–Trinajstić information content (AvgIpc) is 3.38. The number of rotatable bonds is 7. The first-order chi connectivity index (χ1) is 13.7. The molecule has 1 amide bonds. The molecule has 0 saturated heterocycles. The molecule has 0 bridgehead atoms. The number of thioether (sulfide) groups is 1. The van der Waals surface area contributed by atoms with Crippen LogP contribution >= 0.6 is 23.1 Å². The van der Waals surface area contributed by atoms with Gasteiger partial charge in [-0.05, 0) is 59.0 Å². The van der Waals surface area contributed by atoms with Gasteiger partial charge in [0.2, 0.25) is 0 Å². The van der Waals surface area contributed by atoms with Crippen LogP contribution in [0.2, 0.25) is 0 Å². The summed E-state index contributed by atoms with van der Waals surface area (Å²) in [4.78, 5) is 14.1. The van der Waals surface area contributed by atoms with Crippen LogP contribution in [0.25, 0.3) is 10.1 Å². The Labute approximate surface area is 174 Å². The summed E-state index contributed by atoms with van der Waals surface area (Å²) in [5.41, 5.74) is 2.72. The van der Waals surface area contributed by atoms with Crippen molar-refractivity contribution >= 4 is 39.1 Å². The fourth-order valence-corrected chi connectivity index (χ4v) is 5.63. The molecule has 2 N–H and O–H groups in total. The molecule has 0 fully saturated rings. The molecule has 0 saturated carbocycles. The molecule has 1 aliphatic rings. The lowest BCUT2D eigenvalue weighted by Crippen LogP contribution is -2.18. The van der Waals surface area contributed by atoms with Crippen LogP contribution in [0.15, 0.2) is 65.6 Å². The van der Waals surface area contributed by atoms with Crippen molar-refractivity contribution in [2.24, 2.45) is 0 Å². The maximum absolute atomic E-state index is 11.9. The van der Waals surface area contributed by atoms with Crippen LogP contribution in [-0.2, 0) is 6.42 Å². The van der Waals surface area contributed by atoms with Crippen molar-refractivity contribution in [1.82, 2.24) is 10.6 Å². The second-order valence-electron chi connectivity index (χ2n) is 6.91. The smallest absolute Gasteiger partial charge is 0.261 e. The zero-order valence-corrected chi connectivity index (χ0v) is 17.5. The Morgan fingerprint density at radius 1 is 1.14 bits per heavy atom. The number of hydrogen-bond donors (Lipinski definition) is 2. The summed E-state index contributed by atoms with van der Waals surface area (Å²) in [5, 5.41) is 7.91. The maximum Gasteiger partial charge on any atom is 0.261 e. The van der Waals surface area contributed by atoms with Crippen LogP contribution < -0.4 is 10.6 Å². The Bertz CT molecular complexity index is 994. The zero-order valence-electron chi connectivity index (χ0n) is 15.9. The van der Waals surface area contributed by atoms with E-state index in [2.05, 4.69) is 65.2 Å². The van der Waals surface area contributed by atoms with E-state index < -0.39 is 0 Å². The average molecular weight is 409 g/mol. The standard InChI is InChI=1S/C23H24N2OS2/c1-24-23(26)22-14-18-13-17(7-9-21(18)28-22)20-10-8-19(27-20)15-25-12-11-16-5-3-2-4-6-16/h2-9,13-14,20,25H,10-12,15H2,1H3,(H,24,26). The highest BCUT2D eigenvalue weighted by atomic mass is 32.2. The molecule has 0 radical (unpaired) electrons. The summed E-state index contributed by atoms with van der Waals surface area (Å²) in [7, 11) is 1.68. The van der Waals surface area contributed by atoms with Gasteiger partial charge in [0.1, 0.15) is 0 Å². The Kier molecular flexibility index (Phi) is 6.15. The first-order valence-electron chi connectivity index (χ1n) is 9.59. The summed E-state index contributed by atoms with van der Waals surface area (Å²) in [6.07, 6.45) is 4.49. The van der Waals surface area contributed by atoms with Gasteiger partial charge in [0, 0.05) is 23.5 Å². The van der Waals surface area contributed by atoms with Gasteiger partial charge in [0.25, 0.3) is 5.91 Å². The van der Waals surface area contributed by atoms with Crippen LogP contribution in [0.5, 0.6) is 0 Å². The van der Waals surface area contributed by atoms with E-state index in [0.29, 0.717) is 5.25 Å². The first-order valence-corrected chi connectivity index (χ1v) is 11.3. The van der Waals surface area contributed by atoms with Gasteiger partial charge in [-0.2, -0.15) is 0 Å². The van der Waals surface area contributed by atoms with E-state index in [1.165, 1.54) is 20.7 Å². The van der Waals surface area contributed by atoms with E-state index in [1.807, 2.05) is 17.8 Å². The van der Waals surface area contributed by atoms with Gasteiger partial charge in [0.05, 0.1) is 4.88 Å². The molecule has 2 aromatic carbocycles. The van der Waals surface area contributed by atoms with E-state index in [-0.39, 0.29) is 5.91 Å². The molecular formula is C23H24N2OS2. The van der Waals surface area contributed by atoms with Gasteiger partial charge in [-0.25, -0.2) is 0 Å². The molecule has 1 unspecified atom stereocenters. The van der Waals surface area contributed by atoms with Crippen LogP contribution in [0.3, 0.4) is 0 Å². The topological polar surface area (TPSA) is 41.1 Å². The van der Waals surface area contributed by atoms with E-state index >= 15 is 0 Å². The number of amides is 1. The molecule has 1 atom stereocenters. The molecule has 4 rings (SSSR count). The van der Waals surface area contributed by atoms with Crippen molar-refractivity contribution < 1.29 is 4.79 Å². The van der Waals surface area contributed by atoms with Crippen molar-refractivity contribution in [3.63, 3.8) is 0 Å². The number of thiophene rings is 1. The van der Waals surface area contributed by atoms with Crippen molar-refractivity contribution in [2.45, 2.75) is 18.1 Å². The Morgan fingerprint density at radius 3 is 2.82 bits per heavy atom. The van der Waals surface area contributed by atoms with Gasteiger partial charge >= 0.3 is 0 Å². The molecule has 0 aliphatic carbocycles. The van der Waals surface area contributed by atoms with Gasteiger partial charge in [-0.3, -0.25) is 4.79 Å². The van der Waals surface area contributed by atoms with Crippen molar-refractivity contribution in [1.29, 1.82) is 0 Å². The van der Waals surface area contributed by atoms with E-state index in [9.17, 15) is 4.79 Å². The highest BCUT2D eigenvalue weighted by Crippen LogP contribution is 2.44. The maximum atomic E-state index is 11.9. The number of hydrogen-bond acceptors (Lipinski definition) is 4. The minimum atomic E-state index is -0.0106. The molecule has 0 spiro atoms. The van der Waals surface area contributed by atoms with Crippen LogP contribution in [-0.4, -0.2) is 26.0 Å². The van der Waals surface area contributed by atoms with Crippen LogP contribution in [0.1, 0.15) is 32.5 Å². The van der Waals surface area contributed by atoms with Crippen LogP contribution in [0.4, 0.5) is 0 Å². The fraction of sp³-hybridized carbons (Fsp3) is 0.261. The number of fused-ring (bicyclic) bond motifs is 1. The molecule has 2 heterocycles. The number of allylic oxidation sites excluding steroid dienone is 1. The number of benzene rings is 2. The predicted molar refractivity (Wildman–Crippen MR) is 121 cm³/mol. The van der Waals surface area contributed by atoms with Crippen molar-refractivity contribution in [3.8, 4) is 0 Å². The SMILES string of the molecule is CNC(=O)c1cc2cc(C3CC=C(CNCCc4ccccc4)S3)ccc2s1. The molecule has 144 valence electrons. The van der Waals surface area contributed by atoms with Gasteiger partial charge in [-0.1, -0.05) is 42.5 Å². The van der Waals surface area contributed by atoms with Crippen molar-refractivity contribution in [2.75, 3.05) is 20.1 Å².